The third-order valence-electron chi connectivity index (χ3n) is 2.37. The lowest BCUT2D eigenvalue weighted by Crippen LogP contribution is -2.26. The number of nitrogen functional groups attached to an aromatic ring is 1. The van der Waals surface area contributed by atoms with Crippen LogP contribution in [-0.2, 0) is 10.0 Å². The van der Waals surface area contributed by atoms with E-state index in [4.69, 9.17) is 5.73 Å². The van der Waals surface area contributed by atoms with Crippen LogP contribution in [0.25, 0.3) is 0 Å². The molecule has 1 aromatic carbocycles. The maximum atomic E-state index is 12.1. The molecule has 6 heteroatoms. The first-order valence-corrected chi connectivity index (χ1v) is 7.22. The molecule has 1 rings (SSSR count). The molecule has 3 N–H and O–H groups in total. The van der Waals surface area contributed by atoms with Crippen LogP contribution in [-0.4, -0.2) is 15.0 Å². The van der Waals surface area contributed by atoms with Crippen LogP contribution in [0.2, 0.25) is 0 Å². The van der Waals surface area contributed by atoms with Gasteiger partial charge in [0.25, 0.3) is 0 Å². The second-order valence-corrected chi connectivity index (χ2v) is 6.59. The van der Waals surface area contributed by atoms with Crippen molar-refractivity contribution in [1.82, 2.24) is 4.72 Å². The summed E-state index contributed by atoms with van der Waals surface area (Å²) in [5, 5.41) is 0. The van der Waals surface area contributed by atoms with Crippen molar-refractivity contribution in [1.29, 1.82) is 0 Å². The van der Waals surface area contributed by atoms with Crippen LogP contribution in [0.1, 0.15) is 11.1 Å². The average Bonchev–Trinajstić information content (AvgIpc) is 2.21. The second kappa shape index (κ2) is 5.20. The molecule has 0 atom stereocenters. The zero-order valence-electron chi connectivity index (χ0n) is 9.75. The van der Waals surface area contributed by atoms with E-state index in [-0.39, 0.29) is 11.4 Å². The molecule has 0 aromatic heterocycles. The molecule has 0 radical (unpaired) electrons. The largest absolute Gasteiger partial charge is 0.398 e. The van der Waals surface area contributed by atoms with Crippen molar-refractivity contribution in [2.45, 2.75) is 18.7 Å². The van der Waals surface area contributed by atoms with Crippen LogP contribution in [0.3, 0.4) is 0 Å². The number of rotatable bonds is 4. The monoisotopic (exact) mass is 318 g/mol. The fourth-order valence-electron chi connectivity index (χ4n) is 1.50. The quantitative estimate of drug-likeness (QED) is 0.835. The van der Waals surface area contributed by atoms with Crippen LogP contribution in [0.5, 0.6) is 0 Å². The number of nitrogens with one attached hydrogen (secondary N) is 1. The Morgan fingerprint density at radius 3 is 2.59 bits per heavy atom. The first-order chi connectivity index (χ1) is 7.75. The topological polar surface area (TPSA) is 72.2 Å². The van der Waals surface area contributed by atoms with Gasteiger partial charge in [-0.05, 0) is 31.0 Å². The molecule has 4 nitrogen and oxygen atoms in total. The molecule has 0 amide bonds. The number of anilines is 1. The molecule has 0 saturated heterocycles. The van der Waals surface area contributed by atoms with Crippen molar-refractivity contribution in [2.75, 3.05) is 12.3 Å². The third kappa shape index (κ3) is 3.31. The van der Waals surface area contributed by atoms with Gasteiger partial charge in [-0.1, -0.05) is 28.6 Å². The molecule has 1 aromatic rings. The second-order valence-electron chi connectivity index (χ2n) is 3.77. The van der Waals surface area contributed by atoms with Crippen molar-refractivity contribution in [2.24, 2.45) is 0 Å². The van der Waals surface area contributed by atoms with Crippen molar-refractivity contribution >= 4 is 31.6 Å². The van der Waals surface area contributed by atoms with Gasteiger partial charge < -0.3 is 5.73 Å². The lowest BCUT2D eigenvalue weighted by atomic mass is 10.1. The average molecular weight is 319 g/mol. The van der Waals surface area contributed by atoms with Gasteiger partial charge in [-0.15, -0.1) is 0 Å². The van der Waals surface area contributed by atoms with E-state index in [1.165, 1.54) is 0 Å². The van der Waals surface area contributed by atoms with Crippen molar-refractivity contribution in [3.8, 4) is 0 Å². The Bertz CT molecular complexity index is 553. The number of sulfonamides is 1. The minimum absolute atomic E-state index is 0.149. The fraction of sp³-hybridized carbons (Fsp3) is 0.273. The van der Waals surface area contributed by atoms with Gasteiger partial charge in [0.15, 0.2) is 0 Å². The SMILES string of the molecule is C=C(Br)CNS(=O)(=O)c1c(C)ccc(N)c1C. The predicted molar refractivity (Wildman–Crippen MR) is 73.6 cm³/mol. The summed E-state index contributed by atoms with van der Waals surface area (Å²) >= 11 is 3.11. The Kier molecular flexibility index (Phi) is 4.35. The number of hydrogen-bond donors (Lipinski definition) is 2. The highest BCUT2D eigenvalue weighted by molar-refractivity contribution is 9.11. The normalized spacial score (nSPS) is 11.5. The number of aryl methyl sites for hydroxylation is 1. The highest BCUT2D eigenvalue weighted by Gasteiger charge is 2.20. The van der Waals surface area contributed by atoms with Gasteiger partial charge >= 0.3 is 0 Å². The summed E-state index contributed by atoms with van der Waals surface area (Å²) in [6.45, 7) is 7.16. The zero-order chi connectivity index (χ0) is 13.2. The van der Waals surface area contributed by atoms with Gasteiger partial charge in [0.2, 0.25) is 10.0 Å². The van der Waals surface area contributed by atoms with E-state index >= 15 is 0 Å². The van der Waals surface area contributed by atoms with Crippen molar-refractivity contribution < 1.29 is 8.42 Å². The molecule has 0 heterocycles. The van der Waals surface area contributed by atoms with Crippen LogP contribution in [0.4, 0.5) is 5.69 Å². The standard InChI is InChI=1S/C11H15BrN2O2S/c1-7-4-5-10(13)9(3)11(7)17(15,16)14-6-8(2)12/h4-5,14H,2,6,13H2,1,3H3. The summed E-state index contributed by atoms with van der Waals surface area (Å²) in [6, 6.07) is 3.40. The number of hydrogen-bond acceptors (Lipinski definition) is 3. The Hall–Kier alpha value is -0.850. The maximum absolute atomic E-state index is 12.1. The molecule has 0 bridgehead atoms. The molecule has 0 fully saturated rings. The van der Waals surface area contributed by atoms with E-state index in [0.29, 0.717) is 21.3 Å². The number of nitrogens with two attached hydrogens (primary N) is 1. The third-order valence-corrected chi connectivity index (χ3v) is 4.34. The van der Waals surface area contributed by atoms with Crippen LogP contribution < -0.4 is 10.5 Å². The lowest BCUT2D eigenvalue weighted by Gasteiger charge is -2.13. The fourth-order valence-corrected chi connectivity index (χ4v) is 3.35. The molecule has 17 heavy (non-hydrogen) atoms. The highest BCUT2D eigenvalue weighted by Crippen LogP contribution is 2.24. The molecule has 0 saturated carbocycles. The molecule has 0 aliphatic heterocycles. The molecule has 0 unspecified atom stereocenters. The first kappa shape index (κ1) is 14.2. The molecule has 0 aliphatic carbocycles. The van der Waals surface area contributed by atoms with Crippen molar-refractivity contribution in [3.63, 3.8) is 0 Å². The summed E-state index contributed by atoms with van der Waals surface area (Å²) in [7, 11) is -3.56. The van der Waals surface area contributed by atoms with E-state index in [1.807, 2.05) is 0 Å². The first-order valence-electron chi connectivity index (χ1n) is 4.94. The smallest absolute Gasteiger partial charge is 0.241 e. The van der Waals surface area contributed by atoms with Gasteiger partial charge in [-0.25, -0.2) is 13.1 Å². The van der Waals surface area contributed by atoms with Crippen LogP contribution in [0, 0.1) is 13.8 Å². The summed E-state index contributed by atoms with van der Waals surface area (Å²) < 4.78 is 27.2. The Labute approximate surface area is 110 Å². The predicted octanol–water partition coefficient (Wildman–Crippen LogP) is 2.07. The Morgan fingerprint density at radius 1 is 1.47 bits per heavy atom. The highest BCUT2D eigenvalue weighted by atomic mass is 79.9. The summed E-state index contributed by atoms with van der Waals surface area (Å²) in [6.07, 6.45) is 0. The van der Waals surface area contributed by atoms with E-state index in [2.05, 4.69) is 27.2 Å². The lowest BCUT2D eigenvalue weighted by molar-refractivity contribution is 0.584. The Balaban J connectivity index is 3.24. The van der Waals surface area contributed by atoms with Gasteiger partial charge in [0, 0.05) is 16.7 Å². The molecule has 0 spiro atoms. The zero-order valence-corrected chi connectivity index (χ0v) is 12.2. The maximum Gasteiger partial charge on any atom is 0.241 e. The number of benzene rings is 1. The molecular weight excluding hydrogens is 304 g/mol. The molecule has 0 aliphatic rings. The van der Waals surface area contributed by atoms with Gasteiger partial charge in [0.05, 0.1) is 4.90 Å². The molecular formula is C11H15BrN2O2S. The van der Waals surface area contributed by atoms with E-state index in [9.17, 15) is 8.42 Å². The minimum Gasteiger partial charge on any atom is -0.398 e. The summed E-state index contributed by atoms with van der Waals surface area (Å²) in [5.74, 6) is 0. The Morgan fingerprint density at radius 2 is 2.06 bits per heavy atom. The summed E-state index contributed by atoms with van der Waals surface area (Å²) in [5.41, 5.74) is 7.43. The van der Waals surface area contributed by atoms with E-state index in [1.54, 1.807) is 26.0 Å². The van der Waals surface area contributed by atoms with Crippen LogP contribution >= 0.6 is 15.9 Å². The van der Waals surface area contributed by atoms with Crippen molar-refractivity contribution in [3.05, 3.63) is 34.3 Å². The summed E-state index contributed by atoms with van der Waals surface area (Å²) in [4.78, 5) is 0.242. The van der Waals surface area contributed by atoms with E-state index in [0.717, 1.165) is 0 Å². The van der Waals surface area contributed by atoms with Crippen LogP contribution in [0.15, 0.2) is 28.1 Å². The van der Waals surface area contributed by atoms with Gasteiger partial charge in [-0.2, -0.15) is 0 Å². The van der Waals surface area contributed by atoms with Gasteiger partial charge in [-0.3, -0.25) is 0 Å². The van der Waals surface area contributed by atoms with Gasteiger partial charge in [0.1, 0.15) is 0 Å². The molecule has 94 valence electrons. The minimum atomic E-state index is -3.56. The van der Waals surface area contributed by atoms with E-state index < -0.39 is 10.0 Å². The number of halogens is 1.